The van der Waals surface area contributed by atoms with Crippen LogP contribution in [0.3, 0.4) is 0 Å². The predicted octanol–water partition coefficient (Wildman–Crippen LogP) is 1.53. The summed E-state index contributed by atoms with van der Waals surface area (Å²) in [6.07, 6.45) is 3.50. The topological polar surface area (TPSA) is 68.2 Å². The second kappa shape index (κ2) is 6.06. The van der Waals surface area contributed by atoms with Gasteiger partial charge in [0.25, 0.3) is 0 Å². The van der Waals surface area contributed by atoms with Crippen molar-refractivity contribution >= 4 is 17.4 Å². The molecule has 1 atom stereocenters. The quantitative estimate of drug-likeness (QED) is 0.766. The Balaban J connectivity index is 2.12. The lowest BCUT2D eigenvalue weighted by Crippen LogP contribution is -2.39. The number of nitrogens with zero attached hydrogens (tertiary/aromatic N) is 2. The van der Waals surface area contributed by atoms with Crippen LogP contribution in [0.5, 0.6) is 0 Å². The van der Waals surface area contributed by atoms with Crippen molar-refractivity contribution in [2.75, 3.05) is 24.4 Å². The zero-order chi connectivity index (χ0) is 13.8. The maximum absolute atomic E-state index is 12.1. The van der Waals surface area contributed by atoms with Gasteiger partial charge >= 0.3 is 0 Å². The minimum absolute atomic E-state index is 0.0222. The standard InChI is InChI=1S/C13H22N4O2/c1-4-6-9-11-12(17(2)16-9)14-10(13(18)15-11)7-5-8-19-3/h10,14H,4-8H2,1-3H3,(H,15,18). The zero-order valence-electron chi connectivity index (χ0n) is 11.8. The molecule has 6 nitrogen and oxygen atoms in total. The maximum Gasteiger partial charge on any atom is 0.247 e. The molecule has 1 aliphatic rings. The molecule has 0 bridgehead atoms. The van der Waals surface area contributed by atoms with Crippen molar-refractivity contribution in [3.8, 4) is 0 Å². The average molecular weight is 266 g/mol. The molecule has 1 amide bonds. The van der Waals surface area contributed by atoms with Gasteiger partial charge in [-0.25, -0.2) is 0 Å². The van der Waals surface area contributed by atoms with Gasteiger partial charge < -0.3 is 15.4 Å². The van der Waals surface area contributed by atoms with E-state index in [4.69, 9.17) is 4.74 Å². The molecule has 0 aliphatic carbocycles. The van der Waals surface area contributed by atoms with Gasteiger partial charge in [0, 0.05) is 20.8 Å². The van der Waals surface area contributed by atoms with Gasteiger partial charge in [0.15, 0.2) is 0 Å². The molecule has 1 aromatic rings. The normalized spacial score (nSPS) is 17.8. The minimum Gasteiger partial charge on any atom is -0.385 e. The van der Waals surface area contributed by atoms with E-state index in [0.717, 1.165) is 42.9 Å². The summed E-state index contributed by atoms with van der Waals surface area (Å²) >= 11 is 0. The molecule has 1 unspecified atom stereocenters. The second-order valence-corrected chi connectivity index (χ2v) is 4.87. The number of methoxy groups -OCH3 is 1. The van der Waals surface area contributed by atoms with Crippen LogP contribution in [0.1, 0.15) is 31.9 Å². The molecule has 106 valence electrons. The van der Waals surface area contributed by atoms with Crippen molar-refractivity contribution in [1.29, 1.82) is 0 Å². The number of fused-ring (bicyclic) bond motifs is 1. The number of amides is 1. The predicted molar refractivity (Wildman–Crippen MR) is 74.4 cm³/mol. The number of hydrogen-bond donors (Lipinski definition) is 2. The molecular weight excluding hydrogens is 244 g/mol. The average Bonchev–Trinajstić information content (AvgIpc) is 2.67. The lowest BCUT2D eigenvalue weighted by Gasteiger charge is -2.25. The number of carbonyl (C=O) groups excluding carboxylic acids is 1. The number of rotatable bonds is 6. The third-order valence-electron chi connectivity index (χ3n) is 3.32. The Hall–Kier alpha value is -1.56. The van der Waals surface area contributed by atoms with Gasteiger partial charge in [-0.1, -0.05) is 13.3 Å². The lowest BCUT2D eigenvalue weighted by atomic mass is 10.1. The van der Waals surface area contributed by atoms with Crippen LogP contribution >= 0.6 is 0 Å². The van der Waals surface area contributed by atoms with Crippen LogP contribution in [0.25, 0.3) is 0 Å². The number of nitrogens with one attached hydrogen (secondary N) is 2. The number of anilines is 2. The highest BCUT2D eigenvalue weighted by atomic mass is 16.5. The molecule has 0 fully saturated rings. The SMILES string of the molecule is CCCc1nn(C)c2c1NC(=O)C(CCCOC)N2. The van der Waals surface area contributed by atoms with Gasteiger partial charge in [0.1, 0.15) is 17.5 Å². The van der Waals surface area contributed by atoms with Crippen molar-refractivity contribution in [3.05, 3.63) is 5.69 Å². The van der Waals surface area contributed by atoms with Crippen LogP contribution in [-0.4, -0.2) is 35.4 Å². The van der Waals surface area contributed by atoms with E-state index in [9.17, 15) is 4.79 Å². The zero-order valence-corrected chi connectivity index (χ0v) is 11.8. The van der Waals surface area contributed by atoms with Crippen molar-refractivity contribution in [3.63, 3.8) is 0 Å². The van der Waals surface area contributed by atoms with Crippen molar-refractivity contribution in [1.82, 2.24) is 9.78 Å². The van der Waals surface area contributed by atoms with Gasteiger partial charge in [-0.15, -0.1) is 0 Å². The second-order valence-electron chi connectivity index (χ2n) is 4.87. The molecule has 0 spiro atoms. The molecule has 0 saturated heterocycles. The van der Waals surface area contributed by atoms with E-state index >= 15 is 0 Å². The summed E-state index contributed by atoms with van der Waals surface area (Å²) in [5.74, 6) is 0.930. The third kappa shape index (κ3) is 2.89. The Bertz CT molecular complexity index is 456. The highest BCUT2D eigenvalue weighted by molar-refractivity contribution is 6.02. The fourth-order valence-electron chi connectivity index (χ4n) is 2.36. The summed E-state index contributed by atoms with van der Waals surface area (Å²) < 4.78 is 6.83. The van der Waals surface area contributed by atoms with Gasteiger partial charge in [0.05, 0.1) is 5.69 Å². The summed E-state index contributed by atoms with van der Waals surface area (Å²) in [5, 5.41) is 10.7. The van der Waals surface area contributed by atoms with E-state index in [-0.39, 0.29) is 11.9 Å². The van der Waals surface area contributed by atoms with Gasteiger partial charge in [0.2, 0.25) is 5.91 Å². The van der Waals surface area contributed by atoms with Crippen LogP contribution in [0.2, 0.25) is 0 Å². The van der Waals surface area contributed by atoms with Crippen LogP contribution in [-0.2, 0) is 23.0 Å². The van der Waals surface area contributed by atoms with E-state index < -0.39 is 0 Å². The number of hydrogen-bond acceptors (Lipinski definition) is 4. The van der Waals surface area contributed by atoms with Gasteiger partial charge in [-0.05, 0) is 19.3 Å². The van der Waals surface area contributed by atoms with Crippen LogP contribution in [0.4, 0.5) is 11.5 Å². The Morgan fingerprint density at radius 3 is 2.95 bits per heavy atom. The molecule has 1 aliphatic heterocycles. The van der Waals surface area contributed by atoms with E-state index in [2.05, 4.69) is 22.7 Å². The molecule has 0 radical (unpaired) electrons. The van der Waals surface area contributed by atoms with E-state index in [1.807, 2.05) is 11.7 Å². The largest absolute Gasteiger partial charge is 0.385 e. The highest BCUT2D eigenvalue weighted by Crippen LogP contribution is 2.31. The Morgan fingerprint density at radius 2 is 2.26 bits per heavy atom. The molecule has 0 aromatic carbocycles. The highest BCUT2D eigenvalue weighted by Gasteiger charge is 2.29. The Morgan fingerprint density at radius 1 is 1.47 bits per heavy atom. The molecule has 2 N–H and O–H groups in total. The minimum atomic E-state index is -0.201. The van der Waals surface area contributed by atoms with E-state index in [1.54, 1.807) is 7.11 Å². The lowest BCUT2D eigenvalue weighted by molar-refractivity contribution is -0.117. The molecule has 6 heteroatoms. The molecule has 0 saturated carbocycles. The van der Waals surface area contributed by atoms with Crippen LogP contribution in [0, 0.1) is 0 Å². The maximum atomic E-state index is 12.1. The fourth-order valence-corrected chi connectivity index (χ4v) is 2.36. The smallest absolute Gasteiger partial charge is 0.247 e. The number of carbonyl (C=O) groups is 1. The summed E-state index contributed by atoms with van der Waals surface area (Å²) in [6.45, 7) is 2.78. The number of aryl methyl sites for hydroxylation is 2. The fraction of sp³-hybridized carbons (Fsp3) is 0.692. The molecular formula is C13H22N4O2. The molecule has 19 heavy (non-hydrogen) atoms. The van der Waals surface area contributed by atoms with E-state index in [0.29, 0.717) is 6.61 Å². The third-order valence-corrected chi connectivity index (χ3v) is 3.32. The number of ether oxygens (including phenoxy) is 1. The first-order valence-electron chi connectivity index (χ1n) is 6.79. The van der Waals surface area contributed by atoms with Crippen LogP contribution < -0.4 is 10.6 Å². The van der Waals surface area contributed by atoms with Crippen molar-refractivity contribution in [2.24, 2.45) is 7.05 Å². The van der Waals surface area contributed by atoms with Gasteiger partial charge in [-0.2, -0.15) is 5.10 Å². The Kier molecular flexibility index (Phi) is 4.42. The van der Waals surface area contributed by atoms with E-state index in [1.165, 1.54) is 0 Å². The van der Waals surface area contributed by atoms with Gasteiger partial charge in [-0.3, -0.25) is 9.48 Å². The summed E-state index contributed by atoms with van der Waals surface area (Å²) in [5.41, 5.74) is 1.80. The monoisotopic (exact) mass is 266 g/mol. The summed E-state index contributed by atoms with van der Waals surface area (Å²) in [6, 6.07) is -0.201. The van der Waals surface area contributed by atoms with Crippen molar-refractivity contribution < 1.29 is 9.53 Å². The van der Waals surface area contributed by atoms with Crippen molar-refractivity contribution in [2.45, 2.75) is 38.6 Å². The number of aromatic nitrogens is 2. The first-order chi connectivity index (χ1) is 9.17. The molecule has 1 aromatic heterocycles. The first-order valence-corrected chi connectivity index (χ1v) is 6.79. The van der Waals surface area contributed by atoms with Crippen LogP contribution in [0.15, 0.2) is 0 Å². The summed E-state index contributed by atoms with van der Waals surface area (Å²) in [4.78, 5) is 12.1. The first kappa shape index (κ1) is 13.9. The Labute approximate surface area is 113 Å². The molecule has 2 rings (SSSR count). The molecule has 2 heterocycles. The summed E-state index contributed by atoms with van der Waals surface area (Å²) in [7, 11) is 3.57.